The molecule has 0 aromatic carbocycles. The maximum atomic E-state index is 9.00. The van der Waals surface area contributed by atoms with Crippen molar-refractivity contribution in [1.82, 2.24) is 14.8 Å². The molecule has 2 N–H and O–H groups in total. The van der Waals surface area contributed by atoms with E-state index in [1.54, 1.807) is 17.6 Å². The summed E-state index contributed by atoms with van der Waals surface area (Å²) in [7, 11) is 0. The van der Waals surface area contributed by atoms with Crippen molar-refractivity contribution in [2.45, 2.75) is 18.9 Å². The minimum atomic E-state index is -0.131. The first kappa shape index (κ1) is 14.2. The lowest BCUT2D eigenvalue weighted by Crippen LogP contribution is -2.19. The van der Waals surface area contributed by atoms with Crippen LogP contribution in [0.5, 0.6) is 0 Å². The molecular weight excluding hydrogens is 312 g/mol. The molecule has 118 valence electrons. The molecule has 0 bridgehead atoms. The van der Waals surface area contributed by atoms with E-state index in [-0.39, 0.29) is 12.6 Å². The van der Waals surface area contributed by atoms with Gasteiger partial charge in [-0.25, -0.2) is 4.68 Å². The molecule has 0 fully saturated rings. The quantitative estimate of drug-likeness (QED) is 0.753. The number of allylic oxidation sites excluding steroid dienone is 1. The van der Waals surface area contributed by atoms with Gasteiger partial charge in [-0.3, -0.25) is 0 Å². The lowest BCUT2D eigenvalue weighted by Gasteiger charge is -2.21. The number of aryl methyl sites for hydroxylation is 1. The van der Waals surface area contributed by atoms with Crippen LogP contribution in [0.2, 0.25) is 0 Å². The van der Waals surface area contributed by atoms with Gasteiger partial charge in [0.15, 0.2) is 5.82 Å². The number of nitrogens with one attached hydrogen (secondary N) is 1. The molecule has 0 saturated heterocycles. The molecule has 0 saturated carbocycles. The van der Waals surface area contributed by atoms with Crippen molar-refractivity contribution in [2.75, 3.05) is 11.9 Å². The molecule has 1 atom stereocenters. The van der Waals surface area contributed by atoms with E-state index in [1.165, 1.54) is 0 Å². The van der Waals surface area contributed by atoms with Gasteiger partial charge in [0.05, 0.1) is 16.8 Å². The van der Waals surface area contributed by atoms with Gasteiger partial charge < -0.3 is 14.8 Å². The highest BCUT2D eigenvalue weighted by Gasteiger charge is 2.27. The topological polar surface area (TPSA) is 76.1 Å². The molecule has 0 amide bonds. The van der Waals surface area contributed by atoms with Crippen molar-refractivity contribution >= 4 is 23.0 Å². The zero-order valence-corrected chi connectivity index (χ0v) is 13.2. The Balaban J connectivity index is 1.74. The lowest BCUT2D eigenvalue weighted by atomic mass is 10.1. The van der Waals surface area contributed by atoms with E-state index < -0.39 is 0 Å². The van der Waals surface area contributed by atoms with E-state index in [2.05, 4.69) is 27.5 Å². The summed E-state index contributed by atoms with van der Waals surface area (Å²) in [6.07, 6.45) is 5.07. The molecule has 6 nitrogen and oxygen atoms in total. The predicted molar refractivity (Wildman–Crippen MR) is 88.2 cm³/mol. The van der Waals surface area contributed by atoms with Gasteiger partial charge in [0.2, 0.25) is 5.95 Å². The molecule has 0 radical (unpaired) electrons. The van der Waals surface area contributed by atoms with Gasteiger partial charge in [0.25, 0.3) is 0 Å². The number of fused-ring (bicyclic) bond motifs is 1. The van der Waals surface area contributed by atoms with Crippen molar-refractivity contribution < 1.29 is 9.52 Å². The summed E-state index contributed by atoms with van der Waals surface area (Å²) in [5.41, 5.74) is 1.01. The molecular formula is C16H16N4O2S. The molecule has 23 heavy (non-hydrogen) atoms. The Morgan fingerprint density at radius 1 is 1.35 bits per heavy atom. The molecule has 3 aromatic rings. The zero-order chi connectivity index (χ0) is 15.6. The smallest absolute Gasteiger partial charge is 0.226 e. The van der Waals surface area contributed by atoms with Gasteiger partial charge in [-0.15, -0.1) is 11.3 Å². The molecule has 3 aromatic heterocycles. The summed E-state index contributed by atoms with van der Waals surface area (Å²) in [4.78, 5) is 5.71. The largest absolute Gasteiger partial charge is 0.467 e. The van der Waals surface area contributed by atoms with E-state index >= 15 is 0 Å². The molecule has 0 aliphatic carbocycles. The van der Waals surface area contributed by atoms with Crippen LogP contribution in [0, 0.1) is 0 Å². The first-order valence-corrected chi connectivity index (χ1v) is 8.35. The number of nitrogens with zero attached hydrogens (tertiary/aromatic N) is 3. The highest BCUT2D eigenvalue weighted by Crippen LogP contribution is 2.34. The normalized spacial score (nSPS) is 16.7. The number of anilines is 1. The van der Waals surface area contributed by atoms with Crippen LogP contribution in [0.15, 0.2) is 46.4 Å². The van der Waals surface area contributed by atoms with Crippen LogP contribution in [-0.4, -0.2) is 26.5 Å². The van der Waals surface area contributed by atoms with E-state index in [9.17, 15) is 0 Å². The van der Waals surface area contributed by atoms with E-state index in [0.717, 1.165) is 22.2 Å². The number of aliphatic hydroxyl groups excluding tert-OH is 1. The van der Waals surface area contributed by atoms with Crippen molar-refractivity contribution in [1.29, 1.82) is 0 Å². The predicted octanol–water partition coefficient (Wildman–Crippen LogP) is 2.91. The number of furan rings is 1. The molecule has 1 unspecified atom stereocenters. The average molecular weight is 328 g/mol. The van der Waals surface area contributed by atoms with Crippen molar-refractivity contribution in [3.05, 3.63) is 58.4 Å². The van der Waals surface area contributed by atoms with E-state index in [1.807, 2.05) is 28.3 Å². The van der Waals surface area contributed by atoms with Crippen LogP contribution in [0.25, 0.3) is 5.70 Å². The molecule has 0 spiro atoms. The van der Waals surface area contributed by atoms with Gasteiger partial charge in [-0.2, -0.15) is 10.1 Å². The highest BCUT2D eigenvalue weighted by atomic mass is 32.1. The van der Waals surface area contributed by atoms with E-state index in [4.69, 9.17) is 9.52 Å². The standard InChI is InChI=1S/C16H16N4O2S/c21-7-1-6-15-18-16-17-11(14-5-3-9-23-14)10-12(20(16)19-15)13-4-2-8-22-13/h2-5,8-10,12,21H,1,6-7H2,(H,17,18,19). The maximum Gasteiger partial charge on any atom is 0.226 e. The van der Waals surface area contributed by atoms with Crippen molar-refractivity contribution in [2.24, 2.45) is 0 Å². The Morgan fingerprint density at radius 2 is 2.30 bits per heavy atom. The first-order chi connectivity index (χ1) is 11.3. The van der Waals surface area contributed by atoms with Gasteiger partial charge >= 0.3 is 0 Å². The Labute approximate surface area is 137 Å². The summed E-state index contributed by atoms with van der Waals surface area (Å²) in [6.45, 7) is 0.137. The summed E-state index contributed by atoms with van der Waals surface area (Å²) in [5, 5.41) is 19.0. The van der Waals surface area contributed by atoms with Crippen molar-refractivity contribution in [3.63, 3.8) is 0 Å². The zero-order valence-electron chi connectivity index (χ0n) is 12.3. The van der Waals surface area contributed by atoms with Gasteiger partial charge in [0, 0.05) is 13.0 Å². The summed E-state index contributed by atoms with van der Waals surface area (Å²) < 4.78 is 7.42. The third kappa shape index (κ3) is 2.69. The summed E-state index contributed by atoms with van der Waals surface area (Å²) in [5.74, 6) is 2.24. The second-order valence-electron chi connectivity index (χ2n) is 5.27. The number of rotatable bonds is 5. The monoisotopic (exact) mass is 328 g/mol. The Hall–Kier alpha value is -2.38. The van der Waals surface area contributed by atoms with E-state index in [0.29, 0.717) is 18.8 Å². The molecule has 4 heterocycles. The van der Waals surface area contributed by atoms with Crippen LogP contribution in [0.1, 0.15) is 28.9 Å². The van der Waals surface area contributed by atoms with Gasteiger partial charge in [-0.05, 0) is 36.1 Å². The summed E-state index contributed by atoms with van der Waals surface area (Å²) in [6, 6.07) is 7.78. The Morgan fingerprint density at radius 3 is 3.04 bits per heavy atom. The van der Waals surface area contributed by atoms with Crippen LogP contribution in [-0.2, 0) is 6.42 Å². The second-order valence-corrected chi connectivity index (χ2v) is 6.21. The molecule has 1 aliphatic heterocycles. The van der Waals surface area contributed by atoms with Crippen LogP contribution < -0.4 is 5.32 Å². The van der Waals surface area contributed by atoms with Gasteiger partial charge in [0.1, 0.15) is 11.8 Å². The fourth-order valence-corrected chi connectivity index (χ4v) is 3.33. The lowest BCUT2D eigenvalue weighted by molar-refractivity contribution is 0.287. The third-order valence-electron chi connectivity index (χ3n) is 3.69. The highest BCUT2D eigenvalue weighted by molar-refractivity contribution is 7.11. The summed E-state index contributed by atoms with van der Waals surface area (Å²) >= 11 is 1.67. The average Bonchev–Trinajstić information content (AvgIpc) is 3.32. The number of aliphatic hydroxyl groups is 1. The third-order valence-corrected chi connectivity index (χ3v) is 4.59. The fourth-order valence-electron chi connectivity index (χ4n) is 2.62. The molecule has 7 heteroatoms. The number of aromatic nitrogens is 3. The number of thiophene rings is 1. The van der Waals surface area contributed by atoms with Crippen LogP contribution >= 0.6 is 11.3 Å². The number of hydrogen-bond donors (Lipinski definition) is 2. The molecule has 4 rings (SSSR count). The minimum Gasteiger partial charge on any atom is -0.467 e. The number of hydrogen-bond acceptors (Lipinski definition) is 6. The SMILES string of the molecule is OCCCc1nc2n(n1)C(c1ccco1)C=C(c1cccs1)N2. The van der Waals surface area contributed by atoms with Crippen LogP contribution in [0.4, 0.5) is 5.95 Å². The first-order valence-electron chi connectivity index (χ1n) is 7.47. The van der Waals surface area contributed by atoms with Crippen molar-refractivity contribution in [3.8, 4) is 0 Å². The Bertz CT molecular complexity index is 805. The molecule has 1 aliphatic rings. The Kier molecular flexibility index (Phi) is 3.72. The van der Waals surface area contributed by atoms with Gasteiger partial charge in [-0.1, -0.05) is 6.07 Å². The maximum absolute atomic E-state index is 9.00. The van der Waals surface area contributed by atoms with Crippen LogP contribution in [0.3, 0.4) is 0 Å². The second kappa shape index (κ2) is 6.02. The minimum absolute atomic E-state index is 0.131. The fraction of sp³-hybridized carbons (Fsp3) is 0.250.